The van der Waals surface area contributed by atoms with Gasteiger partial charge in [-0.3, -0.25) is 9.59 Å². The van der Waals surface area contributed by atoms with E-state index in [0.717, 1.165) is 12.1 Å². The second-order valence-corrected chi connectivity index (χ2v) is 6.04. The van der Waals surface area contributed by atoms with Gasteiger partial charge in [0, 0.05) is 32.7 Å². The van der Waals surface area contributed by atoms with E-state index in [-0.39, 0.29) is 6.04 Å². The predicted molar refractivity (Wildman–Crippen MR) is 80.2 cm³/mol. The largest absolute Gasteiger partial charge is 0.328 e. The van der Waals surface area contributed by atoms with Crippen LogP contribution in [-0.2, 0) is 16.1 Å². The maximum Gasteiger partial charge on any atom is 0.312 e. The lowest BCUT2D eigenvalue weighted by Crippen LogP contribution is -2.65. The van der Waals surface area contributed by atoms with Crippen molar-refractivity contribution in [2.45, 2.75) is 12.6 Å². The van der Waals surface area contributed by atoms with Crippen LogP contribution in [-0.4, -0.2) is 53.8 Å². The van der Waals surface area contributed by atoms with E-state index in [1.807, 2.05) is 6.07 Å². The van der Waals surface area contributed by atoms with Crippen molar-refractivity contribution in [3.05, 3.63) is 33.8 Å². The number of hydrogen-bond donors (Lipinski definition) is 1. The Kier molecular flexibility index (Phi) is 4.06. The maximum atomic E-state index is 12.2. The molecule has 0 spiro atoms. The van der Waals surface area contributed by atoms with Crippen molar-refractivity contribution < 1.29 is 9.59 Å². The Hall–Kier alpha value is -1.30. The highest BCUT2D eigenvalue weighted by molar-refractivity contribution is 6.42. The smallest absolute Gasteiger partial charge is 0.312 e. The standard InChI is InChI=1S/C14H15Cl2N3O2/c15-11-3-1-2-9(12(11)16)7-18-8-10-6-17-4-5-19(10)14(21)13(18)20/h1-3,10,17H,4-8H2. The molecule has 0 radical (unpaired) electrons. The third-order valence-corrected chi connectivity index (χ3v) is 4.76. The summed E-state index contributed by atoms with van der Waals surface area (Å²) in [5.41, 5.74) is 0.752. The number of nitrogens with one attached hydrogen (secondary N) is 1. The quantitative estimate of drug-likeness (QED) is 0.829. The van der Waals surface area contributed by atoms with Crippen molar-refractivity contribution >= 4 is 35.0 Å². The van der Waals surface area contributed by atoms with Gasteiger partial charge in [-0.15, -0.1) is 0 Å². The number of piperazine rings is 2. The summed E-state index contributed by atoms with van der Waals surface area (Å²) in [7, 11) is 0. The van der Waals surface area contributed by atoms with E-state index in [1.54, 1.807) is 21.9 Å². The molecule has 5 nitrogen and oxygen atoms in total. The number of carbonyl (C=O) groups excluding carboxylic acids is 2. The Bertz CT molecular complexity index is 594. The zero-order chi connectivity index (χ0) is 15.0. The van der Waals surface area contributed by atoms with Gasteiger partial charge in [-0.2, -0.15) is 0 Å². The fraction of sp³-hybridized carbons (Fsp3) is 0.429. The fourth-order valence-corrected chi connectivity index (χ4v) is 3.18. The highest BCUT2D eigenvalue weighted by Crippen LogP contribution is 2.27. The molecule has 2 saturated heterocycles. The van der Waals surface area contributed by atoms with Crippen LogP contribution < -0.4 is 5.32 Å². The van der Waals surface area contributed by atoms with Crippen LogP contribution in [0.2, 0.25) is 10.0 Å². The normalized spacial score (nSPS) is 22.5. The van der Waals surface area contributed by atoms with E-state index >= 15 is 0 Å². The molecule has 7 heteroatoms. The lowest BCUT2D eigenvalue weighted by atomic mass is 10.1. The van der Waals surface area contributed by atoms with Gasteiger partial charge in [-0.1, -0.05) is 35.3 Å². The highest BCUT2D eigenvalue weighted by atomic mass is 35.5. The van der Waals surface area contributed by atoms with Crippen LogP contribution in [0, 0.1) is 0 Å². The molecule has 1 N–H and O–H groups in total. The van der Waals surface area contributed by atoms with Gasteiger partial charge < -0.3 is 15.1 Å². The molecule has 1 aromatic rings. The molecule has 0 saturated carbocycles. The van der Waals surface area contributed by atoms with Crippen LogP contribution in [0.5, 0.6) is 0 Å². The molecular weight excluding hydrogens is 313 g/mol. The van der Waals surface area contributed by atoms with Crippen LogP contribution in [0.15, 0.2) is 18.2 Å². The third-order valence-electron chi connectivity index (χ3n) is 3.91. The van der Waals surface area contributed by atoms with E-state index in [9.17, 15) is 9.59 Å². The molecule has 0 aromatic heterocycles. The Morgan fingerprint density at radius 3 is 2.86 bits per heavy atom. The van der Waals surface area contributed by atoms with Crippen LogP contribution in [0.4, 0.5) is 0 Å². The van der Waals surface area contributed by atoms with Gasteiger partial charge in [0.2, 0.25) is 0 Å². The molecule has 2 heterocycles. The number of rotatable bonds is 2. The van der Waals surface area contributed by atoms with Gasteiger partial charge in [-0.25, -0.2) is 0 Å². The van der Waals surface area contributed by atoms with Crippen LogP contribution in [0.3, 0.4) is 0 Å². The summed E-state index contributed by atoms with van der Waals surface area (Å²) in [6, 6.07) is 5.33. The first-order valence-electron chi connectivity index (χ1n) is 6.81. The molecule has 2 aliphatic rings. The summed E-state index contributed by atoms with van der Waals surface area (Å²) in [5.74, 6) is -0.893. The molecule has 2 fully saturated rings. The summed E-state index contributed by atoms with van der Waals surface area (Å²) < 4.78 is 0. The average Bonchev–Trinajstić information content (AvgIpc) is 2.49. The zero-order valence-corrected chi connectivity index (χ0v) is 12.8. The molecular formula is C14H15Cl2N3O2. The molecule has 0 bridgehead atoms. The Morgan fingerprint density at radius 1 is 1.24 bits per heavy atom. The molecule has 1 unspecified atom stereocenters. The van der Waals surface area contributed by atoms with E-state index in [2.05, 4.69) is 5.32 Å². The SMILES string of the molecule is O=C1C(=O)N2CCNCC2CN1Cc1cccc(Cl)c1Cl. The van der Waals surface area contributed by atoms with Gasteiger partial charge in [0.1, 0.15) is 0 Å². The summed E-state index contributed by atoms with van der Waals surface area (Å²) in [4.78, 5) is 27.6. The number of fused-ring (bicyclic) bond motifs is 1. The number of benzene rings is 1. The van der Waals surface area contributed by atoms with Gasteiger partial charge in [-0.05, 0) is 11.6 Å². The number of hydrogen-bond acceptors (Lipinski definition) is 3. The van der Waals surface area contributed by atoms with Gasteiger partial charge >= 0.3 is 11.8 Å². The van der Waals surface area contributed by atoms with Crippen molar-refractivity contribution in [3.63, 3.8) is 0 Å². The van der Waals surface area contributed by atoms with Gasteiger partial charge in [0.15, 0.2) is 0 Å². The average molecular weight is 328 g/mol. The topological polar surface area (TPSA) is 52.7 Å². The van der Waals surface area contributed by atoms with Crippen molar-refractivity contribution in [1.82, 2.24) is 15.1 Å². The van der Waals surface area contributed by atoms with Crippen molar-refractivity contribution in [2.75, 3.05) is 26.2 Å². The minimum atomic E-state index is -0.468. The molecule has 2 aliphatic heterocycles. The van der Waals surface area contributed by atoms with Crippen molar-refractivity contribution in [1.29, 1.82) is 0 Å². The molecule has 1 aromatic carbocycles. The number of amides is 2. The third kappa shape index (κ3) is 2.73. The number of carbonyl (C=O) groups is 2. The highest BCUT2D eigenvalue weighted by Gasteiger charge is 2.40. The van der Waals surface area contributed by atoms with Gasteiger partial charge in [0.05, 0.1) is 16.1 Å². The first kappa shape index (κ1) is 14.6. The molecule has 112 valence electrons. The monoisotopic (exact) mass is 327 g/mol. The first-order chi connectivity index (χ1) is 10.1. The number of nitrogens with zero attached hydrogens (tertiary/aromatic N) is 2. The lowest BCUT2D eigenvalue weighted by Gasteiger charge is -2.43. The second-order valence-electron chi connectivity index (χ2n) is 5.26. The van der Waals surface area contributed by atoms with E-state index in [1.165, 1.54) is 0 Å². The molecule has 3 rings (SSSR count). The minimum absolute atomic E-state index is 0.0295. The van der Waals surface area contributed by atoms with Crippen molar-refractivity contribution in [2.24, 2.45) is 0 Å². The second kappa shape index (κ2) is 5.83. The Balaban J connectivity index is 1.80. The zero-order valence-electron chi connectivity index (χ0n) is 11.3. The lowest BCUT2D eigenvalue weighted by molar-refractivity contribution is -0.160. The van der Waals surface area contributed by atoms with Crippen LogP contribution >= 0.6 is 23.2 Å². The summed E-state index contributed by atoms with van der Waals surface area (Å²) in [6.07, 6.45) is 0. The maximum absolute atomic E-state index is 12.2. The summed E-state index contributed by atoms with van der Waals surface area (Å²) in [6.45, 7) is 2.84. The number of halogens is 2. The Morgan fingerprint density at radius 2 is 2.05 bits per heavy atom. The molecule has 1 atom stereocenters. The Labute approximate surface area is 132 Å². The fourth-order valence-electron chi connectivity index (χ4n) is 2.80. The van der Waals surface area contributed by atoms with E-state index in [0.29, 0.717) is 36.2 Å². The summed E-state index contributed by atoms with van der Waals surface area (Å²) in [5, 5.41) is 4.13. The molecule has 21 heavy (non-hydrogen) atoms. The first-order valence-corrected chi connectivity index (χ1v) is 7.57. The van der Waals surface area contributed by atoms with Crippen molar-refractivity contribution in [3.8, 4) is 0 Å². The minimum Gasteiger partial charge on any atom is -0.328 e. The van der Waals surface area contributed by atoms with E-state index < -0.39 is 11.8 Å². The van der Waals surface area contributed by atoms with Gasteiger partial charge in [0.25, 0.3) is 0 Å². The van der Waals surface area contributed by atoms with E-state index in [4.69, 9.17) is 23.2 Å². The molecule has 0 aliphatic carbocycles. The summed E-state index contributed by atoms with van der Waals surface area (Å²) >= 11 is 12.1. The molecule has 2 amide bonds. The van der Waals surface area contributed by atoms with Crippen LogP contribution in [0.25, 0.3) is 0 Å². The predicted octanol–water partition coefficient (Wildman–Crippen LogP) is 1.14. The van der Waals surface area contributed by atoms with Crippen LogP contribution in [0.1, 0.15) is 5.56 Å².